The molecule has 0 aliphatic carbocycles. The molecule has 0 radical (unpaired) electrons. The van der Waals surface area contributed by atoms with Crippen molar-refractivity contribution in [1.82, 2.24) is 4.90 Å². The summed E-state index contributed by atoms with van der Waals surface area (Å²) in [5.74, 6) is -0.756. The molecule has 1 aromatic carbocycles. The van der Waals surface area contributed by atoms with Crippen molar-refractivity contribution in [2.45, 2.75) is 25.8 Å². The Morgan fingerprint density at radius 1 is 1.41 bits per heavy atom. The number of carboxylic acids is 1. The third-order valence-electron chi connectivity index (χ3n) is 3.24. The maximum absolute atomic E-state index is 11.4. The average molecular weight is 298 g/mol. The highest BCUT2D eigenvalue weighted by molar-refractivity contribution is 9.10. The summed E-state index contributed by atoms with van der Waals surface area (Å²) in [5, 5.41) is 9.39. The molecule has 0 saturated carbocycles. The van der Waals surface area contributed by atoms with Gasteiger partial charge in [0.15, 0.2) is 0 Å². The first-order valence-corrected chi connectivity index (χ1v) is 6.62. The van der Waals surface area contributed by atoms with Crippen LogP contribution in [-0.4, -0.2) is 29.1 Å². The van der Waals surface area contributed by atoms with Crippen molar-refractivity contribution in [3.63, 3.8) is 0 Å². The number of halogens is 1. The molecular formula is C13H16BrNO2. The van der Waals surface area contributed by atoms with Gasteiger partial charge in [-0.1, -0.05) is 28.1 Å². The summed E-state index contributed by atoms with van der Waals surface area (Å²) in [6.07, 6.45) is 2.19. The highest BCUT2D eigenvalue weighted by atomic mass is 79.9. The molecule has 92 valence electrons. The van der Waals surface area contributed by atoms with E-state index in [0.717, 1.165) is 41.5 Å². The van der Waals surface area contributed by atoms with Gasteiger partial charge in [0, 0.05) is 4.47 Å². The normalized spacial score (nSPS) is 18.2. The van der Waals surface area contributed by atoms with Crippen molar-refractivity contribution in [2.24, 2.45) is 0 Å². The summed E-state index contributed by atoms with van der Waals surface area (Å²) in [7, 11) is 0. The molecule has 1 aliphatic rings. The molecule has 1 aromatic rings. The van der Waals surface area contributed by atoms with Crippen molar-refractivity contribution in [1.29, 1.82) is 0 Å². The van der Waals surface area contributed by atoms with E-state index in [1.807, 2.05) is 30.0 Å². The number of hydrogen-bond donors (Lipinski definition) is 1. The standard InChI is InChI=1S/C13H16BrNO2/c1-9-8-10(4-5-11(9)14)12(13(16)17)15-6-2-3-7-15/h4-5,8,12H,2-3,6-7H2,1H3,(H,16,17). The number of nitrogens with zero attached hydrogens (tertiary/aromatic N) is 1. The number of carboxylic acid groups (broad SMARTS) is 1. The number of hydrogen-bond acceptors (Lipinski definition) is 2. The monoisotopic (exact) mass is 297 g/mol. The maximum Gasteiger partial charge on any atom is 0.325 e. The second kappa shape index (κ2) is 5.19. The van der Waals surface area contributed by atoms with Crippen LogP contribution < -0.4 is 0 Å². The Hall–Kier alpha value is -0.870. The molecule has 17 heavy (non-hydrogen) atoms. The summed E-state index contributed by atoms with van der Waals surface area (Å²) in [6, 6.07) is 5.29. The molecule has 0 aromatic heterocycles. The zero-order valence-electron chi connectivity index (χ0n) is 9.82. The lowest BCUT2D eigenvalue weighted by Crippen LogP contribution is -2.31. The molecule has 0 bridgehead atoms. The number of aliphatic carboxylic acids is 1. The third-order valence-corrected chi connectivity index (χ3v) is 4.13. The van der Waals surface area contributed by atoms with Crippen molar-refractivity contribution in [2.75, 3.05) is 13.1 Å². The van der Waals surface area contributed by atoms with Gasteiger partial charge in [0.05, 0.1) is 0 Å². The zero-order chi connectivity index (χ0) is 12.4. The number of carbonyl (C=O) groups is 1. The summed E-state index contributed by atoms with van der Waals surface area (Å²) < 4.78 is 1.02. The van der Waals surface area contributed by atoms with Crippen LogP contribution in [0.2, 0.25) is 0 Å². The minimum atomic E-state index is -0.756. The fourth-order valence-electron chi connectivity index (χ4n) is 2.35. The zero-order valence-corrected chi connectivity index (χ0v) is 11.4. The minimum Gasteiger partial charge on any atom is -0.480 e. The first kappa shape index (κ1) is 12.6. The Labute approximate surface area is 110 Å². The van der Waals surface area contributed by atoms with Crippen molar-refractivity contribution < 1.29 is 9.90 Å². The van der Waals surface area contributed by atoms with Crippen LogP contribution in [0.3, 0.4) is 0 Å². The van der Waals surface area contributed by atoms with Gasteiger partial charge in [-0.15, -0.1) is 0 Å². The van der Waals surface area contributed by atoms with Crippen LogP contribution in [0.25, 0.3) is 0 Å². The molecule has 0 amide bonds. The van der Waals surface area contributed by atoms with Gasteiger partial charge in [-0.3, -0.25) is 9.69 Å². The maximum atomic E-state index is 11.4. The molecule has 1 aliphatic heterocycles. The topological polar surface area (TPSA) is 40.5 Å². The Morgan fingerprint density at radius 2 is 2.06 bits per heavy atom. The van der Waals surface area contributed by atoms with Crippen LogP contribution in [0, 0.1) is 6.92 Å². The lowest BCUT2D eigenvalue weighted by Gasteiger charge is -2.24. The number of rotatable bonds is 3. The second-order valence-electron chi connectivity index (χ2n) is 4.49. The van der Waals surface area contributed by atoms with Gasteiger partial charge < -0.3 is 5.11 Å². The molecule has 1 unspecified atom stereocenters. The number of benzene rings is 1. The lowest BCUT2D eigenvalue weighted by atomic mass is 10.0. The Bertz CT molecular complexity index is 427. The van der Waals surface area contributed by atoms with E-state index >= 15 is 0 Å². The molecule has 1 heterocycles. The fraction of sp³-hybridized carbons (Fsp3) is 0.462. The highest BCUT2D eigenvalue weighted by Crippen LogP contribution is 2.28. The molecule has 1 N–H and O–H groups in total. The van der Waals surface area contributed by atoms with Crippen molar-refractivity contribution in [3.8, 4) is 0 Å². The third kappa shape index (κ3) is 2.69. The van der Waals surface area contributed by atoms with E-state index < -0.39 is 12.0 Å². The average Bonchev–Trinajstić information content (AvgIpc) is 2.76. The van der Waals surface area contributed by atoms with Crippen LogP contribution in [0.5, 0.6) is 0 Å². The summed E-state index contributed by atoms with van der Waals surface area (Å²) in [6.45, 7) is 3.74. The highest BCUT2D eigenvalue weighted by Gasteiger charge is 2.29. The summed E-state index contributed by atoms with van der Waals surface area (Å²) >= 11 is 3.44. The van der Waals surface area contributed by atoms with Crippen LogP contribution in [0.15, 0.2) is 22.7 Å². The molecule has 0 spiro atoms. The summed E-state index contributed by atoms with van der Waals surface area (Å²) in [5.41, 5.74) is 1.95. The first-order chi connectivity index (χ1) is 8.09. The molecule has 1 atom stereocenters. The quantitative estimate of drug-likeness (QED) is 0.932. The first-order valence-electron chi connectivity index (χ1n) is 5.82. The summed E-state index contributed by atoms with van der Waals surface area (Å²) in [4.78, 5) is 13.5. The van der Waals surface area contributed by atoms with Gasteiger partial charge in [-0.2, -0.15) is 0 Å². The van der Waals surface area contributed by atoms with Crippen LogP contribution in [0.4, 0.5) is 0 Å². The molecular weight excluding hydrogens is 282 g/mol. The Balaban J connectivity index is 2.31. The van der Waals surface area contributed by atoms with Gasteiger partial charge in [0.2, 0.25) is 0 Å². The molecule has 2 rings (SSSR count). The van der Waals surface area contributed by atoms with E-state index in [1.54, 1.807) is 0 Å². The van der Waals surface area contributed by atoms with E-state index in [4.69, 9.17) is 0 Å². The van der Waals surface area contributed by atoms with Crippen LogP contribution >= 0.6 is 15.9 Å². The molecule has 4 heteroatoms. The van der Waals surface area contributed by atoms with Crippen molar-refractivity contribution in [3.05, 3.63) is 33.8 Å². The number of aryl methyl sites for hydroxylation is 1. The number of likely N-dealkylation sites (tertiary alicyclic amines) is 1. The molecule has 3 nitrogen and oxygen atoms in total. The SMILES string of the molecule is Cc1cc(C(C(=O)O)N2CCCC2)ccc1Br. The van der Waals surface area contributed by atoms with Crippen LogP contribution in [-0.2, 0) is 4.79 Å². The molecule has 1 saturated heterocycles. The predicted octanol–water partition coefficient (Wildman–Crippen LogP) is 2.98. The lowest BCUT2D eigenvalue weighted by molar-refractivity contribution is -0.143. The van der Waals surface area contributed by atoms with E-state index in [-0.39, 0.29) is 0 Å². The van der Waals surface area contributed by atoms with Gasteiger partial charge in [0.25, 0.3) is 0 Å². The van der Waals surface area contributed by atoms with E-state index in [1.165, 1.54) is 0 Å². The smallest absolute Gasteiger partial charge is 0.325 e. The fourth-order valence-corrected chi connectivity index (χ4v) is 2.59. The Morgan fingerprint density at radius 3 is 2.59 bits per heavy atom. The van der Waals surface area contributed by atoms with E-state index in [0.29, 0.717) is 0 Å². The van der Waals surface area contributed by atoms with E-state index in [2.05, 4.69) is 15.9 Å². The van der Waals surface area contributed by atoms with Gasteiger partial charge >= 0.3 is 5.97 Å². The van der Waals surface area contributed by atoms with E-state index in [9.17, 15) is 9.90 Å². The van der Waals surface area contributed by atoms with Crippen LogP contribution in [0.1, 0.15) is 30.0 Å². The van der Waals surface area contributed by atoms with Gasteiger partial charge in [-0.05, 0) is 50.0 Å². The Kier molecular flexibility index (Phi) is 3.84. The van der Waals surface area contributed by atoms with Gasteiger partial charge in [0.1, 0.15) is 6.04 Å². The van der Waals surface area contributed by atoms with Gasteiger partial charge in [-0.25, -0.2) is 0 Å². The predicted molar refractivity (Wildman–Crippen MR) is 70.1 cm³/mol. The largest absolute Gasteiger partial charge is 0.480 e. The van der Waals surface area contributed by atoms with Crippen molar-refractivity contribution >= 4 is 21.9 Å². The second-order valence-corrected chi connectivity index (χ2v) is 5.35. The minimum absolute atomic E-state index is 0.496. The molecule has 1 fully saturated rings.